The lowest BCUT2D eigenvalue weighted by molar-refractivity contribution is -0.131. The highest BCUT2D eigenvalue weighted by atomic mass is 32.2. The summed E-state index contributed by atoms with van der Waals surface area (Å²) in [6.45, 7) is 5.90. The molecule has 0 spiro atoms. The number of hydrogen-bond donors (Lipinski definition) is 1. The monoisotopic (exact) mass is 417 g/mol. The Kier molecular flexibility index (Phi) is 9.97. The van der Waals surface area contributed by atoms with E-state index >= 15 is 0 Å². The molecule has 9 heteroatoms. The molecule has 0 bridgehead atoms. The van der Waals surface area contributed by atoms with Gasteiger partial charge in [0.1, 0.15) is 4.21 Å². The van der Waals surface area contributed by atoms with Gasteiger partial charge in [0.25, 0.3) is 10.0 Å². The first-order chi connectivity index (χ1) is 12.7. The molecule has 1 aromatic rings. The average molecular weight is 418 g/mol. The van der Waals surface area contributed by atoms with E-state index in [1.54, 1.807) is 12.1 Å². The van der Waals surface area contributed by atoms with Gasteiger partial charge in [-0.2, -0.15) is 0 Å². The van der Waals surface area contributed by atoms with E-state index in [-0.39, 0.29) is 29.0 Å². The molecule has 0 aromatic carbocycles. The molecular formula is C18H31N3O4S2. The third kappa shape index (κ3) is 7.59. The third-order valence-corrected chi connectivity index (χ3v) is 7.33. The summed E-state index contributed by atoms with van der Waals surface area (Å²) >= 11 is 1.15. The van der Waals surface area contributed by atoms with Crippen molar-refractivity contribution in [2.45, 2.75) is 56.7 Å². The van der Waals surface area contributed by atoms with E-state index in [1.807, 2.05) is 18.7 Å². The molecule has 0 aliphatic rings. The molecular weight excluding hydrogens is 386 g/mol. The second-order valence-electron chi connectivity index (χ2n) is 6.52. The van der Waals surface area contributed by atoms with Gasteiger partial charge in [0.05, 0.1) is 6.54 Å². The maximum Gasteiger partial charge on any atom is 0.252 e. The van der Waals surface area contributed by atoms with Gasteiger partial charge in [-0.05, 0) is 31.4 Å². The number of rotatable bonds is 12. The minimum atomic E-state index is -3.44. The minimum Gasteiger partial charge on any atom is -0.351 e. The highest BCUT2D eigenvalue weighted by Gasteiger charge is 2.19. The lowest BCUT2D eigenvalue weighted by atomic mass is 10.2. The molecule has 0 aliphatic heterocycles. The number of nitrogens with one attached hydrogen (secondary N) is 1. The molecule has 154 valence electrons. The van der Waals surface area contributed by atoms with Crippen LogP contribution in [0.4, 0.5) is 0 Å². The molecule has 7 nitrogen and oxygen atoms in total. The van der Waals surface area contributed by atoms with Crippen LogP contribution in [0.2, 0.25) is 0 Å². The summed E-state index contributed by atoms with van der Waals surface area (Å²) in [6.07, 6.45) is 3.03. The van der Waals surface area contributed by atoms with Crippen LogP contribution in [0.3, 0.4) is 0 Å². The smallest absolute Gasteiger partial charge is 0.252 e. The van der Waals surface area contributed by atoms with E-state index in [1.165, 1.54) is 18.4 Å². The molecule has 0 saturated carbocycles. The van der Waals surface area contributed by atoms with Crippen molar-refractivity contribution in [2.75, 3.05) is 27.2 Å². The zero-order chi connectivity index (χ0) is 20.4. The Morgan fingerprint density at radius 2 is 1.70 bits per heavy atom. The van der Waals surface area contributed by atoms with E-state index in [2.05, 4.69) is 5.32 Å². The van der Waals surface area contributed by atoms with Crippen LogP contribution in [-0.2, 0) is 26.2 Å². The number of nitrogens with zero attached hydrogens (tertiary/aromatic N) is 2. The molecule has 1 N–H and O–H groups in total. The van der Waals surface area contributed by atoms with Gasteiger partial charge in [-0.1, -0.05) is 13.8 Å². The Hall–Kier alpha value is -1.45. The van der Waals surface area contributed by atoms with E-state index in [0.717, 1.165) is 42.1 Å². The highest BCUT2D eigenvalue weighted by Crippen LogP contribution is 2.23. The number of hydrogen-bond acceptors (Lipinski definition) is 5. The molecule has 0 unspecified atom stereocenters. The summed E-state index contributed by atoms with van der Waals surface area (Å²) in [5.41, 5.74) is 0. The molecule has 2 amide bonds. The van der Waals surface area contributed by atoms with Gasteiger partial charge in [0, 0.05) is 44.9 Å². The minimum absolute atomic E-state index is 0.100. The SMILES string of the molecule is CCCN(CCC)C(=O)CCCC(=O)NCc1ccc(S(=O)(=O)N(C)C)s1. The third-order valence-electron chi connectivity index (χ3n) is 3.97. The molecule has 1 rings (SSSR count). The topological polar surface area (TPSA) is 86.8 Å². The van der Waals surface area contributed by atoms with E-state index in [0.29, 0.717) is 12.8 Å². The standard InChI is InChI=1S/C18H31N3O4S2/c1-5-12-21(13-6-2)17(23)9-7-8-16(22)19-14-15-10-11-18(26-15)27(24,25)20(3)4/h10-11H,5-9,12-14H2,1-4H3,(H,19,22). The first-order valence-corrected chi connectivity index (χ1v) is 11.5. The van der Waals surface area contributed by atoms with Gasteiger partial charge in [-0.25, -0.2) is 12.7 Å². The van der Waals surface area contributed by atoms with Crippen molar-refractivity contribution < 1.29 is 18.0 Å². The lowest BCUT2D eigenvalue weighted by Gasteiger charge is -2.21. The zero-order valence-corrected chi connectivity index (χ0v) is 18.3. The van der Waals surface area contributed by atoms with Crippen LogP contribution in [0.25, 0.3) is 0 Å². The predicted octanol–water partition coefficient (Wildman–Crippen LogP) is 2.43. The molecule has 1 heterocycles. The van der Waals surface area contributed by atoms with Gasteiger partial charge < -0.3 is 10.2 Å². The van der Waals surface area contributed by atoms with Crippen LogP contribution in [0.1, 0.15) is 50.8 Å². The number of amides is 2. The zero-order valence-electron chi connectivity index (χ0n) is 16.7. The quantitative estimate of drug-likeness (QED) is 0.566. The maximum absolute atomic E-state index is 12.2. The Bertz CT molecular complexity index is 708. The predicted molar refractivity (Wildman–Crippen MR) is 108 cm³/mol. The fraction of sp³-hybridized carbons (Fsp3) is 0.667. The van der Waals surface area contributed by atoms with E-state index in [4.69, 9.17) is 0 Å². The van der Waals surface area contributed by atoms with Gasteiger partial charge in [-0.3, -0.25) is 9.59 Å². The van der Waals surface area contributed by atoms with Gasteiger partial charge >= 0.3 is 0 Å². The second-order valence-corrected chi connectivity index (χ2v) is 10.1. The summed E-state index contributed by atoms with van der Waals surface area (Å²) in [5.74, 6) is -0.0333. The van der Waals surface area contributed by atoms with Gasteiger partial charge in [0.15, 0.2) is 0 Å². The Morgan fingerprint density at radius 3 is 2.26 bits per heavy atom. The van der Waals surface area contributed by atoms with Crippen LogP contribution in [0.15, 0.2) is 16.3 Å². The van der Waals surface area contributed by atoms with Crippen molar-refractivity contribution in [1.82, 2.24) is 14.5 Å². The van der Waals surface area contributed by atoms with Crippen molar-refractivity contribution in [2.24, 2.45) is 0 Å². The number of sulfonamides is 1. The Labute approximate surface area is 166 Å². The van der Waals surface area contributed by atoms with Crippen molar-refractivity contribution in [3.05, 3.63) is 17.0 Å². The van der Waals surface area contributed by atoms with Gasteiger partial charge in [0.2, 0.25) is 11.8 Å². The second kappa shape index (κ2) is 11.4. The van der Waals surface area contributed by atoms with Crippen LogP contribution >= 0.6 is 11.3 Å². The van der Waals surface area contributed by atoms with E-state index in [9.17, 15) is 18.0 Å². The fourth-order valence-electron chi connectivity index (χ4n) is 2.51. The van der Waals surface area contributed by atoms with Crippen LogP contribution in [0.5, 0.6) is 0 Å². The number of thiophene rings is 1. The van der Waals surface area contributed by atoms with Crippen LogP contribution < -0.4 is 5.32 Å². The summed E-state index contributed by atoms with van der Waals surface area (Å²) in [7, 11) is -0.467. The average Bonchev–Trinajstić information content (AvgIpc) is 3.09. The lowest BCUT2D eigenvalue weighted by Crippen LogP contribution is -2.32. The summed E-state index contributed by atoms with van der Waals surface area (Å²) in [6, 6.07) is 3.26. The molecule has 1 aromatic heterocycles. The molecule has 0 atom stereocenters. The molecule has 0 fully saturated rings. The molecule has 0 radical (unpaired) electrons. The Balaban J connectivity index is 2.40. The first kappa shape index (κ1) is 23.6. The van der Waals surface area contributed by atoms with Crippen LogP contribution in [0, 0.1) is 0 Å². The Morgan fingerprint density at radius 1 is 1.07 bits per heavy atom. The van der Waals surface area contributed by atoms with Crippen LogP contribution in [-0.4, -0.2) is 56.6 Å². The maximum atomic E-state index is 12.2. The highest BCUT2D eigenvalue weighted by molar-refractivity contribution is 7.91. The van der Waals surface area contributed by atoms with Crippen molar-refractivity contribution in [1.29, 1.82) is 0 Å². The first-order valence-electron chi connectivity index (χ1n) is 9.28. The van der Waals surface area contributed by atoms with Crippen molar-refractivity contribution in [3.8, 4) is 0 Å². The fourth-order valence-corrected chi connectivity index (χ4v) is 4.97. The summed E-state index contributed by atoms with van der Waals surface area (Å²) in [5, 5.41) is 2.78. The summed E-state index contributed by atoms with van der Waals surface area (Å²) < 4.78 is 25.5. The van der Waals surface area contributed by atoms with Gasteiger partial charge in [-0.15, -0.1) is 11.3 Å². The summed E-state index contributed by atoms with van der Waals surface area (Å²) in [4.78, 5) is 26.8. The normalized spacial score (nSPS) is 11.6. The number of carbonyl (C=O) groups excluding carboxylic acids is 2. The molecule has 0 aliphatic carbocycles. The molecule has 27 heavy (non-hydrogen) atoms. The largest absolute Gasteiger partial charge is 0.351 e. The van der Waals surface area contributed by atoms with E-state index < -0.39 is 10.0 Å². The molecule has 0 saturated heterocycles. The number of carbonyl (C=O) groups is 2. The van der Waals surface area contributed by atoms with Crippen molar-refractivity contribution in [3.63, 3.8) is 0 Å². The van der Waals surface area contributed by atoms with Crippen molar-refractivity contribution >= 4 is 33.2 Å².